The molecule has 4 aliphatic rings. The van der Waals surface area contributed by atoms with Crippen molar-refractivity contribution in [1.82, 2.24) is 19.6 Å². The van der Waals surface area contributed by atoms with Gasteiger partial charge >= 0.3 is 11.9 Å². The molecule has 4 saturated carbocycles. The zero-order chi connectivity index (χ0) is 28.4. The predicted octanol–water partition coefficient (Wildman–Crippen LogP) is 6.00. The van der Waals surface area contributed by atoms with Crippen molar-refractivity contribution in [3.05, 3.63) is 69.3 Å². The highest BCUT2D eigenvalue weighted by Crippen LogP contribution is 2.65. The Bertz CT molecular complexity index is 1480. The molecule has 0 aliphatic heterocycles. The van der Waals surface area contributed by atoms with E-state index in [2.05, 4.69) is 15.5 Å². The summed E-state index contributed by atoms with van der Waals surface area (Å²) in [6.45, 7) is 3.72. The highest BCUT2D eigenvalue weighted by atomic mass is 19.4. The summed E-state index contributed by atoms with van der Waals surface area (Å²) >= 11 is 0. The van der Waals surface area contributed by atoms with Crippen LogP contribution in [0.2, 0.25) is 0 Å². The van der Waals surface area contributed by atoms with Crippen LogP contribution in [0.1, 0.15) is 67.5 Å². The van der Waals surface area contributed by atoms with Crippen LogP contribution in [0.5, 0.6) is 0 Å². The lowest BCUT2D eigenvalue weighted by Gasteiger charge is -2.61. The molecular weight excluding hydrogens is 525 g/mol. The molecule has 40 heavy (non-hydrogen) atoms. The highest BCUT2D eigenvalue weighted by Gasteiger charge is 2.59. The fraction of sp³-hybridized carbons (Fsp3) is 0.536. The first-order valence-corrected chi connectivity index (χ1v) is 13.5. The van der Waals surface area contributed by atoms with Gasteiger partial charge in [-0.1, -0.05) is 12.1 Å². The first-order valence-electron chi connectivity index (χ1n) is 13.5. The molecule has 4 fully saturated rings. The number of nitrogens with zero attached hydrogens (tertiary/aromatic N) is 5. The second kappa shape index (κ2) is 9.17. The molecule has 2 heterocycles. The summed E-state index contributed by atoms with van der Waals surface area (Å²) < 4.78 is 42.9. The SMILES string of the molecule is Cc1nn(Cc2cccc(C(F)(F)F)c2)c(C)c1NC(=O)CC12CC3CC(C1)CC(n1cc([N+](=O)[O-])cn1)(C3)C2. The number of amides is 1. The summed E-state index contributed by atoms with van der Waals surface area (Å²) in [5, 5.41) is 23.2. The molecule has 1 amide bonds. The minimum atomic E-state index is -4.42. The monoisotopic (exact) mass is 556 g/mol. The number of hydrogen-bond acceptors (Lipinski definition) is 5. The first kappa shape index (κ1) is 26.5. The number of nitro groups is 1. The lowest BCUT2D eigenvalue weighted by atomic mass is 9.46. The van der Waals surface area contributed by atoms with Crippen molar-refractivity contribution in [2.45, 2.75) is 77.1 Å². The molecule has 1 N–H and O–H groups in total. The number of carbonyl (C=O) groups is 1. The summed E-state index contributed by atoms with van der Waals surface area (Å²) in [5.41, 5.74) is 1.09. The van der Waals surface area contributed by atoms with Gasteiger partial charge in [-0.15, -0.1) is 0 Å². The van der Waals surface area contributed by atoms with Gasteiger partial charge in [0.15, 0.2) is 0 Å². The number of benzene rings is 1. The van der Waals surface area contributed by atoms with Gasteiger partial charge in [-0.3, -0.25) is 24.3 Å². The summed E-state index contributed by atoms with van der Waals surface area (Å²) in [7, 11) is 0. The van der Waals surface area contributed by atoms with Gasteiger partial charge in [0.1, 0.15) is 12.4 Å². The Kier molecular flexibility index (Phi) is 6.08. The van der Waals surface area contributed by atoms with Crippen molar-refractivity contribution in [3.8, 4) is 0 Å². The van der Waals surface area contributed by atoms with E-state index in [0.29, 0.717) is 40.9 Å². The maximum absolute atomic E-state index is 13.5. The number of aryl methyl sites for hydroxylation is 1. The molecule has 212 valence electrons. The largest absolute Gasteiger partial charge is 0.416 e. The van der Waals surface area contributed by atoms with E-state index >= 15 is 0 Å². The molecule has 0 radical (unpaired) electrons. The molecule has 4 aliphatic carbocycles. The van der Waals surface area contributed by atoms with E-state index in [-0.39, 0.29) is 29.1 Å². The molecule has 12 heteroatoms. The summed E-state index contributed by atoms with van der Waals surface area (Å²) in [6.07, 6.45) is 4.38. The fourth-order valence-corrected chi connectivity index (χ4v) is 8.12. The molecule has 2 unspecified atom stereocenters. The van der Waals surface area contributed by atoms with Crippen LogP contribution in [0.25, 0.3) is 0 Å². The maximum atomic E-state index is 13.5. The number of aromatic nitrogens is 4. The molecule has 2 aromatic heterocycles. The number of carbonyl (C=O) groups excluding carboxylic acids is 1. The van der Waals surface area contributed by atoms with E-state index in [4.69, 9.17) is 0 Å². The Morgan fingerprint density at radius 2 is 1.93 bits per heavy atom. The molecule has 7 rings (SSSR count). The van der Waals surface area contributed by atoms with Crippen molar-refractivity contribution in [2.75, 3.05) is 5.32 Å². The smallest absolute Gasteiger partial charge is 0.323 e. The second-order valence-electron chi connectivity index (χ2n) is 12.2. The lowest BCUT2D eigenvalue weighted by molar-refractivity contribution is -0.385. The van der Waals surface area contributed by atoms with Gasteiger partial charge in [-0.05, 0) is 87.3 Å². The van der Waals surface area contributed by atoms with Crippen LogP contribution in [-0.4, -0.2) is 30.4 Å². The van der Waals surface area contributed by atoms with Crippen LogP contribution in [0.3, 0.4) is 0 Å². The van der Waals surface area contributed by atoms with Gasteiger partial charge in [0.2, 0.25) is 5.91 Å². The van der Waals surface area contributed by atoms with Gasteiger partial charge < -0.3 is 5.32 Å². The van der Waals surface area contributed by atoms with Gasteiger partial charge in [0, 0.05) is 6.42 Å². The first-order chi connectivity index (χ1) is 18.8. The zero-order valence-electron chi connectivity index (χ0n) is 22.4. The normalized spacial score (nSPS) is 27.2. The Balaban J connectivity index is 1.19. The van der Waals surface area contributed by atoms with Gasteiger partial charge in [0.25, 0.3) is 0 Å². The van der Waals surface area contributed by atoms with Crippen molar-refractivity contribution in [3.63, 3.8) is 0 Å². The van der Waals surface area contributed by atoms with Crippen molar-refractivity contribution in [2.24, 2.45) is 17.3 Å². The van der Waals surface area contributed by atoms with Crippen LogP contribution < -0.4 is 5.32 Å². The number of rotatable bonds is 7. The number of nitrogens with one attached hydrogen (secondary N) is 1. The van der Waals surface area contributed by atoms with Crippen molar-refractivity contribution >= 4 is 17.3 Å². The third kappa shape index (κ3) is 4.66. The van der Waals surface area contributed by atoms with Crippen LogP contribution >= 0.6 is 0 Å². The van der Waals surface area contributed by atoms with E-state index < -0.39 is 16.7 Å². The minimum absolute atomic E-state index is 0.0179. The third-order valence-corrected chi connectivity index (χ3v) is 9.19. The third-order valence-electron chi connectivity index (χ3n) is 9.19. The van der Waals surface area contributed by atoms with Gasteiger partial charge in [-0.2, -0.15) is 23.4 Å². The average Bonchev–Trinajstić information content (AvgIpc) is 3.45. The zero-order valence-corrected chi connectivity index (χ0v) is 22.4. The summed E-state index contributed by atoms with van der Waals surface area (Å²) in [6, 6.07) is 5.16. The molecule has 1 aromatic carbocycles. The van der Waals surface area contributed by atoms with E-state index in [1.165, 1.54) is 18.5 Å². The van der Waals surface area contributed by atoms with Crippen LogP contribution in [0, 0.1) is 41.2 Å². The highest BCUT2D eigenvalue weighted by molar-refractivity contribution is 5.92. The Hall–Kier alpha value is -3.70. The lowest BCUT2D eigenvalue weighted by Crippen LogP contribution is -2.57. The van der Waals surface area contributed by atoms with Crippen LogP contribution in [-0.2, 0) is 23.1 Å². The van der Waals surface area contributed by atoms with Gasteiger partial charge in [-0.25, -0.2) is 0 Å². The summed E-state index contributed by atoms with van der Waals surface area (Å²) in [4.78, 5) is 24.3. The van der Waals surface area contributed by atoms with Crippen molar-refractivity contribution in [1.29, 1.82) is 0 Å². The molecular formula is C28H31F3N6O3. The van der Waals surface area contributed by atoms with Crippen LogP contribution in [0.4, 0.5) is 24.5 Å². The Morgan fingerprint density at radius 1 is 1.20 bits per heavy atom. The van der Waals surface area contributed by atoms with Gasteiger partial charge in [0.05, 0.1) is 39.6 Å². The second-order valence-corrected chi connectivity index (χ2v) is 12.2. The number of anilines is 1. The van der Waals surface area contributed by atoms with E-state index in [0.717, 1.165) is 50.7 Å². The number of halogens is 3. The minimum Gasteiger partial charge on any atom is -0.323 e. The van der Waals surface area contributed by atoms with E-state index in [9.17, 15) is 28.1 Å². The number of alkyl halides is 3. The fourth-order valence-electron chi connectivity index (χ4n) is 8.12. The topological polar surface area (TPSA) is 108 Å². The quantitative estimate of drug-likeness (QED) is 0.284. The molecule has 9 nitrogen and oxygen atoms in total. The molecule has 0 saturated heterocycles. The average molecular weight is 557 g/mol. The molecule has 4 bridgehead atoms. The van der Waals surface area contributed by atoms with E-state index in [1.54, 1.807) is 29.3 Å². The van der Waals surface area contributed by atoms with E-state index in [1.807, 2.05) is 0 Å². The van der Waals surface area contributed by atoms with Crippen LogP contribution in [0.15, 0.2) is 36.7 Å². The maximum Gasteiger partial charge on any atom is 0.416 e. The summed E-state index contributed by atoms with van der Waals surface area (Å²) in [5.74, 6) is 0.792. The predicted molar refractivity (Wildman–Crippen MR) is 139 cm³/mol. The molecule has 0 spiro atoms. The Labute approximate surface area is 228 Å². The molecule has 2 atom stereocenters. The number of hydrogen-bond donors (Lipinski definition) is 1. The Morgan fingerprint density at radius 3 is 2.58 bits per heavy atom. The van der Waals surface area contributed by atoms with Crippen molar-refractivity contribution < 1.29 is 22.9 Å². The molecule has 3 aromatic rings. The standard InChI is InChI=1S/C28H31F3N6O3/c1-17-25(18(2)35(34-17)14-19-4-3-5-22(7-19)28(29,30)31)33-24(38)12-26-8-20-6-21(9-26)11-27(10-20,16-26)36-15-23(13-32-36)37(39)40/h3-5,7,13,15,20-21H,6,8-12,14,16H2,1-2H3,(H,33,38).